The molecule has 1 aromatic carbocycles. The lowest BCUT2D eigenvalue weighted by Crippen LogP contribution is -2.43. The number of nitrogens with zero attached hydrogens (tertiary/aromatic N) is 3. The van der Waals surface area contributed by atoms with Gasteiger partial charge in [-0.25, -0.2) is 14.4 Å². The molecule has 1 N–H and O–H groups in total. The van der Waals surface area contributed by atoms with E-state index in [-0.39, 0.29) is 76.4 Å². The molecule has 24 heteroatoms. The number of hydrogen-bond donors (Lipinski definition) is 1. The molecule has 0 bridgehead atoms. The van der Waals surface area contributed by atoms with Gasteiger partial charge in [0, 0.05) is 25.7 Å². The number of carbonyl (C=O) groups excluding carboxylic acids is 6. The minimum Gasteiger partial charge on any atom is -0.466 e. The summed E-state index contributed by atoms with van der Waals surface area (Å²) in [5.74, 6) is -4.03. The minimum atomic E-state index is -1.20. The van der Waals surface area contributed by atoms with E-state index in [2.05, 4.69) is 24.6 Å². The molecule has 0 aromatic heterocycles. The lowest BCUT2D eigenvalue weighted by molar-refractivity contribution is -0.757. The molecular weight excluding hydrogens is 796 g/mol. The molecule has 0 aliphatic rings. The summed E-state index contributed by atoms with van der Waals surface area (Å²) in [5.41, 5.74) is 0.542. The molecule has 24 nitrogen and oxygen atoms in total. The number of amides is 1. The van der Waals surface area contributed by atoms with E-state index in [0.717, 1.165) is 0 Å². The average Bonchev–Trinajstić information content (AvgIpc) is 3.18. The monoisotopic (exact) mass is 846 g/mol. The summed E-state index contributed by atoms with van der Waals surface area (Å²) in [6.45, 7) is -1.66. The molecule has 0 radical (unpaired) electrons. The van der Waals surface area contributed by atoms with Crippen molar-refractivity contribution in [2.24, 2.45) is 0 Å². The number of carbonyl (C=O) groups is 6. The fraction of sp³-hybridized carbons (Fsp3) is 0.657. The summed E-state index contributed by atoms with van der Waals surface area (Å²) >= 11 is 0. The van der Waals surface area contributed by atoms with E-state index in [9.17, 15) is 59.1 Å². The summed E-state index contributed by atoms with van der Waals surface area (Å²) < 4.78 is 25.3. The van der Waals surface area contributed by atoms with Crippen LogP contribution >= 0.6 is 0 Å². The number of nitrogens with one attached hydrogen (secondary N) is 1. The van der Waals surface area contributed by atoms with Crippen molar-refractivity contribution in [2.75, 3.05) is 46.2 Å². The molecule has 1 atom stereocenters. The van der Waals surface area contributed by atoms with E-state index < -0.39 is 58.3 Å². The molecule has 1 aromatic rings. The third-order valence-corrected chi connectivity index (χ3v) is 7.65. The largest absolute Gasteiger partial charge is 0.466 e. The highest BCUT2D eigenvalue weighted by molar-refractivity contribution is 5.84. The Kier molecular flexibility index (Phi) is 27.2. The van der Waals surface area contributed by atoms with Crippen molar-refractivity contribution in [1.29, 1.82) is 0 Å². The normalized spacial score (nSPS) is 10.9. The maximum atomic E-state index is 13.1. The Bertz CT molecular complexity index is 1490. The maximum Gasteiger partial charge on any atom is 0.349 e. The first-order valence-corrected chi connectivity index (χ1v) is 18.8. The van der Waals surface area contributed by atoms with Crippen LogP contribution in [-0.2, 0) is 68.6 Å². The fourth-order valence-corrected chi connectivity index (χ4v) is 4.77. The number of esters is 5. The van der Waals surface area contributed by atoms with E-state index in [1.54, 1.807) is 0 Å². The van der Waals surface area contributed by atoms with Gasteiger partial charge >= 0.3 is 29.8 Å². The van der Waals surface area contributed by atoms with E-state index in [1.165, 1.54) is 24.3 Å². The van der Waals surface area contributed by atoms with Crippen molar-refractivity contribution in [3.63, 3.8) is 0 Å². The van der Waals surface area contributed by atoms with Crippen molar-refractivity contribution in [1.82, 2.24) is 5.32 Å². The predicted octanol–water partition coefficient (Wildman–Crippen LogP) is 2.88. The molecular formula is C35H50N4O20. The molecule has 1 rings (SSSR count). The van der Waals surface area contributed by atoms with Gasteiger partial charge in [0.15, 0.2) is 13.2 Å². The maximum absolute atomic E-state index is 13.1. The Balaban J connectivity index is 2.45. The first kappa shape index (κ1) is 50.7. The summed E-state index contributed by atoms with van der Waals surface area (Å²) in [5, 5.41) is 30.1. The molecule has 0 aliphatic carbocycles. The first-order valence-electron chi connectivity index (χ1n) is 18.8. The van der Waals surface area contributed by atoms with Crippen LogP contribution in [0.2, 0.25) is 0 Å². The van der Waals surface area contributed by atoms with Crippen molar-refractivity contribution >= 4 is 35.8 Å². The van der Waals surface area contributed by atoms with Crippen LogP contribution in [0.5, 0.6) is 5.75 Å². The molecule has 0 aliphatic heterocycles. The van der Waals surface area contributed by atoms with Crippen LogP contribution in [0.3, 0.4) is 0 Å². The Morgan fingerprint density at radius 2 is 0.983 bits per heavy atom. The third kappa shape index (κ3) is 29.5. The lowest BCUT2D eigenvalue weighted by Gasteiger charge is -2.18. The van der Waals surface area contributed by atoms with E-state index >= 15 is 0 Å². The quantitative estimate of drug-likeness (QED) is 0.0256. The number of rotatable bonds is 35. The van der Waals surface area contributed by atoms with Crippen molar-refractivity contribution in [3.8, 4) is 5.75 Å². The van der Waals surface area contributed by atoms with Gasteiger partial charge in [-0.05, 0) is 81.9 Å². The number of unbranched alkanes of at least 4 members (excludes halogenated alkanes) is 7. The summed E-state index contributed by atoms with van der Waals surface area (Å²) in [7, 11) is 0. The second-order valence-corrected chi connectivity index (χ2v) is 12.5. The zero-order valence-corrected chi connectivity index (χ0v) is 32.4. The van der Waals surface area contributed by atoms with Crippen LogP contribution in [0, 0.1) is 30.3 Å². The highest BCUT2D eigenvalue weighted by Gasteiger charge is 2.23. The molecule has 0 saturated heterocycles. The highest BCUT2D eigenvalue weighted by atomic mass is 17.0. The second-order valence-electron chi connectivity index (χ2n) is 12.5. The van der Waals surface area contributed by atoms with E-state index in [1.807, 2.05) is 0 Å². The van der Waals surface area contributed by atoms with Gasteiger partial charge in [0.05, 0.1) is 33.0 Å². The van der Waals surface area contributed by atoms with Gasteiger partial charge in [-0.2, -0.15) is 0 Å². The topological polar surface area (TPSA) is 318 Å². The van der Waals surface area contributed by atoms with Gasteiger partial charge in [0.2, 0.25) is 5.91 Å². The average molecular weight is 847 g/mol. The first-order chi connectivity index (χ1) is 28.2. The Labute approximate surface area is 337 Å². The standard InChI is InChI=1S/C35H50N4O20/c40-30(12-4-1-9-22-56-37(46)47)36-29(24-27-15-17-28(18-16-27)59-34(44)25-55-33(43)26-58-39(50)51)35(45)54-21-8-3-6-14-31(41)52-19-7-2-5-13-32(42)53-20-10-11-23-57-38(48)49/h15-18,29H,1-14,19-26H2,(H,36,40). The van der Waals surface area contributed by atoms with Crippen LogP contribution < -0.4 is 10.1 Å². The van der Waals surface area contributed by atoms with E-state index in [0.29, 0.717) is 76.2 Å². The van der Waals surface area contributed by atoms with Crippen LogP contribution in [0.15, 0.2) is 24.3 Å². The molecule has 0 heterocycles. The van der Waals surface area contributed by atoms with Gasteiger partial charge < -0.3 is 43.5 Å². The molecule has 0 spiro atoms. The number of ether oxygens (including phenoxy) is 5. The number of hydrogen-bond acceptors (Lipinski definition) is 20. The molecule has 0 fully saturated rings. The predicted molar refractivity (Wildman–Crippen MR) is 195 cm³/mol. The van der Waals surface area contributed by atoms with Crippen molar-refractivity contribution in [2.45, 2.75) is 102 Å². The van der Waals surface area contributed by atoms with Crippen LogP contribution in [0.25, 0.3) is 0 Å². The summed E-state index contributed by atoms with van der Waals surface area (Å²) in [4.78, 5) is 116. The second kappa shape index (κ2) is 31.7. The van der Waals surface area contributed by atoms with Gasteiger partial charge in [-0.15, -0.1) is 30.3 Å². The van der Waals surface area contributed by atoms with Gasteiger partial charge in [0.25, 0.3) is 15.3 Å². The molecule has 1 unspecified atom stereocenters. The Morgan fingerprint density at radius 1 is 0.508 bits per heavy atom. The van der Waals surface area contributed by atoms with Crippen LogP contribution in [0.1, 0.15) is 95.5 Å². The molecule has 59 heavy (non-hydrogen) atoms. The SMILES string of the molecule is O=C(CCCCCO[N+](=O)[O-])NC(Cc1ccc(OC(=O)COC(=O)CO[N+](=O)[O-])cc1)C(=O)OCCCCCC(=O)OCCCCCC(=O)OCCCCO[N+](=O)[O-]. The smallest absolute Gasteiger partial charge is 0.349 e. The Hall–Kier alpha value is -6.36. The number of benzene rings is 1. The lowest BCUT2D eigenvalue weighted by atomic mass is 10.1. The van der Waals surface area contributed by atoms with Gasteiger partial charge in [-0.3, -0.25) is 14.4 Å². The van der Waals surface area contributed by atoms with Crippen molar-refractivity contribution < 1.29 is 82.2 Å². The fourth-order valence-electron chi connectivity index (χ4n) is 4.77. The zero-order chi connectivity index (χ0) is 43.7. The zero-order valence-electron chi connectivity index (χ0n) is 32.4. The van der Waals surface area contributed by atoms with Crippen LogP contribution in [-0.4, -0.2) is 103 Å². The van der Waals surface area contributed by atoms with E-state index in [4.69, 9.17) is 18.9 Å². The van der Waals surface area contributed by atoms with Crippen LogP contribution in [0.4, 0.5) is 0 Å². The minimum absolute atomic E-state index is 0.00671. The highest BCUT2D eigenvalue weighted by Crippen LogP contribution is 2.15. The summed E-state index contributed by atoms with van der Waals surface area (Å²) in [6, 6.07) is 4.71. The summed E-state index contributed by atoms with van der Waals surface area (Å²) in [6.07, 6.45) is 5.59. The molecule has 330 valence electrons. The molecule has 0 saturated carbocycles. The molecule has 1 amide bonds. The van der Waals surface area contributed by atoms with Crippen molar-refractivity contribution in [3.05, 3.63) is 60.2 Å². The van der Waals surface area contributed by atoms with Gasteiger partial charge in [-0.1, -0.05) is 18.6 Å². The van der Waals surface area contributed by atoms with Gasteiger partial charge in [0.1, 0.15) is 11.8 Å². The Morgan fingerprint density at radius 3 is 1.53 bits per heavy atom. The third-order valence-electron chi connectivity index (χ3n) is 7.65.